The molecule has 104 valence electrons. The van der Waals surface area contributed by atoms with Gasteiger partial charge in [0.2, 0.25) is 0 Å². The molecule has 0 radical (unpaired) electrons. The minimum absolute atomic E-state index is 0.0421. The van der Waals surface area contributed by atoms with Crippen molar-refractivity contribution >= 4 is 21.9 Å². The van der Waals surface area contributed by atoms with Gasteiger partial charge in [0.1, 0.15) is 0 Å². The Balaban J connectivity index is 2.29. The zero-order chi connectivity index (χ0) is 14.8. The van der Waals surface area contributed by atoms with Crippen molar-refractivity contribution in [1.82, 2.24) is 14.8 Å². The fraction of sp³-hybridized carbons (Fsp3) is 0. The molecule has 0 amide bonds. The molecule has 6 heteroatoms. The van der Waals surface area contributed by atoms with E-state index in [0.717, 1.165) is 5.56 Å². The summed E-state index contributed by atoms with van der Waals surface area (Å²) in [5.74, 6) is -0.529. The van der Waals surface area contributed by atoms with Crippen molar-refractivity contribution in [2.75, 3.05) is 0 Å². The molecule has 0 bridgehead atoms. The van der Waals surface area contributed by atoms with Crippen molar-refractivity contribution in [1.29, 1.82) is 0 Å². The molecule has 21 heavy (non-hydrogen) atoms. The third kappa shape index (κ3) is 2.45. The van der Waals surface area contributed by atoms with Gasteiger partial charge in [0.15, 0.2) is 11.5 Å². The van der Waals surface area contributed by atoms with Gasteiger partial charge < -0.3 is 5.11 Å². The van der Waals surface area contributed by atoms with Gasteiger partial charge in [-0.05, 0) is 28.1 Å². The van der Waals surface area contributed by atoms with E-state index in [1.807, 2.05) is 36.4 Å². The van der Waals surface area contributed by atoms with Crippen molar-refractivity contribution in [3.05, 3.63) is 64.9 Å². The first kappa shape index (κ1) is 13.5. The maximum absolute atomic E-state index is 11.3. The third-order valence-electron chi connectivity index (χ3n) is 2.94. The Labute approximate surface area is 129 Å². The molecule has 0 saturated heterocycles. The summed E-state index contributed by atoms with van der Waals surface area (Å²) in [6, 6.07) is 14.9. The van der Waals surface area contributed by atoms with E-state index in [1.54, 1.807) is 18.3 Å². The molecule has 2 heterocycles. The van der Waals surface area contributed by atoms with Crippen LogP contribution in [0.1, 0.15) is 10.5 Å². The van der Waals surface area contributed by atoms with Crippen LogP contribution in [-0.4, -0.2) is 25.8 Å². The highest BCUT2D eigenvalue weighted by molar-refractivity contribution is 9.10. The van der Waals surface area contributed by atoms with E-state index < -0.39 is 5.97 Å². The van der Waals surface area contributed by atoms with E-state index in [0.29, 0.717) is 16.0 Å². The second kappa shape index (κ2) is 5.49. The van der Waals surface area contributed by atoms with Gasteiger partial charge in [-0.3, -0.25) is 0 Å². The molecule has 3 aromatic rings. The number of aromatic carboxylic acids is 1. The quantitative estimate of drug-likeness (QED) is 0.791. The van der Waals surface area contributed by atoms with Gasteiger partial charge in [0.25, 0.3) is 0 Å². The molecule has 0 fully saturated rings. The molecule has 0 atom stereocenters. The summed E-state index contributed by atoms with van der Waals surface area (Å²) in [4.78, 5) is 15.6. The summed E-state index contributed by atoms with van der Waals surface area (Å²) in [5.41, 5.74) is 1.47. The lowest BCUT2D eigenvalue weighted by Crippen LogP contribution is -2.03. The highest BCUT2D eigenvalue weighted by atomic mass is 79.9. The van der Waals surface area contributed by atoms with Crippen molar-refractivity contribution in [2.24, 2.45) is 0 Å². The number of carboxylic acid groups (broad SMARTS) is 1. The highest BCUT2D eigenvalue weighted by Gasteiger charge is 2.23. The molecule has 0 saturated carbocycles. The van der Waals surface area contributed by atoms with E-state index >= 15 is 0 Å². The van der Waals surface area contributed by atoms with Crippen LogP contribution in [-0.2, 0) is 0 Å². The monoisotopic (exact) mass is 343 g/mol. The number of aromatic nitrogens is 3. The van der Waals surface area contributed by atoms with Crippen molar-refractivity contribution < 1.29 is 9.90 Å². The predicted molar refractivity (Wildman–Crippen MR) is 81.5 cm³/mol. The van der Waals surface area contributed by atoms with Crippen molar-refractivity contribution in [3.63, 3.8) is 0 Å². The average molecular weight is 344 g/mol. The zero-order valence-corrected chi connectivity index (χ0v) is 12.4. The van der Waals surface area contributed by atoms with Gasteiger partial charge in [-0.15, -0.1) is 0 Å². The Bertz CT molecular complexity index is 785. The van der Waals surface area contributed by atoms with Gasteiger partial charge in [-0.25, -0.2) is 14.5 Å². The normalized spacial score (nSPS) is 10.5. The van der Waals surface area contributed by atoms with Crippen LogP contribution in [0.3, 0.4) is 0 Å². The number of hydrogen-bond acceptors (Lipinski definition) is 3. The number of nitrogens with zero attached hydrogens (tertiary/aromatic N) is 3. The van der Waals surface area contributed by atoms with Gasteiger partial charge in [-0.2, -0.15) is 5.10 Å². The Hall–Kier alpha value is -2.47. The summed E-state index contributed by atoms with van der Waals surface area (Å²) >= 11 is 3.34. The van der Waals surface area contributed by atoms with Crippen molar-refractivity contribution in [2.45, 2.75) is 0 Å². The largest absolute Gasteiger partial charge is 0.476 e. The van der Waals surface area contributed by atoms with Crippen LogP contribution < -0.4 is 0 Å². The molecule has 2 aromatic heterocycles. The minimum Gasteiger partial charge on any atom is -0.476 e. The molecule has 1 aromatic carbocycles. The maximum atomic E-state index is 11.3. The molecule has 0 aliphatic heterocycles. The Morgan fingerprint density at radius 1 is 1.10 bits per heavy atom. The fourth-order valence-electron chi connectivity index (χ4n) is 2.03. The van der Waals surface area contributed by atoms with E-state index in [9.17, 15) is 9.90 Å². The van der Waals surface area contributed by atoms with Gasteiger partial charge in [0.05, 0.1) is 10.2 Å². The molecular formula is C15H10BrN3O2. The Morgan fingerprint density at radius 3 is 2.43 bits per heavy atom. The molecule has 0 unspecified atom stereocenters. The standard InChI is InChI=1S/C15H10BrN3O2/c16-12-13(15(20)21)18-19(11-8-4-5-9-17-11)14(12)10-6-2-1-3-7-10/h1-9H,(H,20,21). The number of halogens is 1. The summed E-state index contributed by atoms with van der Waals surface area (Å²) in [5, 5.41) is 13.4. The maximum Gasteiger partial charge on any atom is 0.357 e. The van der Waals surface area contributed by atoms with Crippen LogP contribution in [0.2, 0.25) is 0 Å². The van der Waals surface area contributed by atoms with Gasteiger partial charge in [-0.1, -0.05) is 36.4 Å². The summed E-state index contributed by atoms with van der Waals surface area (Å²) < 4.78 is 1.97. The molecule has 1 N–H and O–H groups in total. The predicted octanol–water partition coefficient (Wildman–Crippen LogP) is 3.40. The number of pyridine rings is 1. The van der Waals surface area contributed by atoms with Crippen molar-refractivity contribution in [3.8, 4) is 17.1 Å². The lowest BCUT2D eigenvalue weighted by molar-refractivity contribution is 0.0689. The van der Waals surface area contributed by atoms with Crippen LogP contribution in [0, 0.1) is 0 Å². The lowest BCUT2D eigenvalue weighted by Gasteiger charge is -2.06. The van der Waals surface area contributed by atoms with E-state index in [4.69, 9.17) is 0 Å². The molecule has 0 spiro atoms. The second-order valence-electron chi connectivity index (χ2n) is 4.28. The smallest absolute Gasteiger partial charge is 0.357 e. The van der Waals surface area contributed by atoms with Gasteiger partial charge in [0, 0.05) is 11.8 Å². The van der Waals surface area contributed by atoms with Crippen LogP contribution in [0.4, 0.5) is 0 Å². The number of carboxylic acids is 1. The molecule has 5 nitrogen and oxygen atoms in total. The van der Waals surface area contributed by atoms with Crippen LogP contribution in [0.25, 0.3) is 17.1 Å². The van der Waals surface area contributed by atoms with E-state index in [2.05, 4.69) is 26.0 Å². The second-order valence-corrected chi connectivity index (χ2v) is 5.08. The van der Waals surface area contributed by atoms with Crippen LogP contribution in [0.15, 0.2) is 59.2 Å². The number of rotatable bonds is 3. The SMILES string of the molecule is O=C(O)c1nn(-c2ccccn2)c(-c2ccccc2)c1Br. The fourth-order valence-corrected chi connectivity index (χ4v) is 2.67. The Kier molecular flexibility index (Phi) is 3.53. The average Bonchev–Trinajstić information content (AvgIpc) is 2.87. The first-order chi connectivity index (χ1) is 10.2. The first-order valence-electron chi connectivity index (χ1n) is 6.17. The molecular weight excluding hydrogens is 334 g/mol. The topological polar surface area (TPSA) is 68.0 Å². The number of hydrogen-bond donors (Lipinski definition) is 1. The van der Waals surface area contributed by atoms with Gasteiger partial charge >= 0.3 is 5.97 Å². The highest BCUT2D eigenvalue weighted by Crippen LogP contribution is 2.32. The molecule has 0 aliphatic rings. The van der Waals surface area contributed by atoms with E-state index in [-0.39, 0.29) is 5.69 Å². The Morgan fingerprint density at radius 2 is 1.81 bits per heavy atom. The van der Waals surface area contributed by atoms with E-state index in [1.165, 1.54) is 4.68 Å². The molecule has 3 rings (SSSR count). The third-order valence-corrected chi connectivity index (χ3v) is 3.69. The number of benzene rings is 1. The minimum atomic E-state index is -1.09. The lowest BCUT2D eigenvalue weighted by atomic mass is 10.1. The number of carbonyl (C=O) groups is 1. The van der Waals surface area contributed by atoms with Crippen LogP contribution in [0.5, 0.6) is 0 Å². The zero-order valence-electron chi connectivity index (χ0n) is 10.8. The first-order valence-corrected chi connectivity index (χ1v) is 6.96. The summed E-state index contributed by atoms with van der Waals surface area (Å²) in [6.45, 7) is 0. The summed E-state index contributed by atoms with van der Waals surface area (Å²) in [6.07, 6.45) is 1.64. The summed E-state index contributed by atoms with van der Waals surface area (Å²) in [7, 11) is 0. The van der Waals surface area contributed by atoms with Crippen LogP contribution >= 0.6 is 15.9 Å². The molecule has 0 aliphatic carbocycles.